The Kier molecular flexibility index (Phi) is 4.80. The van der Waals surface area contributed by atoms with Crippen molar-refractivity contribution in [3.63, 3.8) is 0 Å². The van der Waals surface area contributed by atoms with E-state index in [1.54, 1.807) is 30.5 Å². The first-order chi connectivity index (χ1) is 13.2. The SMILES string of the molecule is O=C(CNc1ncnc2scc(-c3ccc(F)cc3)c12)NCc1ccco1. The zero-order valence-electron chi connectivity index (χ0n) is 14.1. The molecule has 8 heteroatoms. The Morgan fingerprint density at radius 3 is 2.81 bits per heavy atom. The van der Waals surface area contributed by atoms with Gasteiger partial charge in [0.25, 0.3) is 0 Å². The molecular formula is C19H15FN4O2S. The maximum Gasteiger partial charge on any atom is 0.239 e. The summed E-state index contributed by atoms with van der Waals surface area (Å²) in [6.45, 7) is 0.386. The third kappa shape index (κ3) is 3.80. The molecule has 0 radical (unpaired) electrons. The molecule has 4 aromatic rings. The van der Waals surface area contributed by atoms with Gasteiger partial charge in [-0.05, 0) is 29.8 Å². The van der Waals surface area contributed by atoms with E-state index in [1.807, 2.05) is 5.38 Å². The zero-order chi connectivity index (χ0) is 18.6. The van der Waals surface area contributed by atoms with Crippen LogP contribution in [0, 0.1) is 5.82 Å². The van der Waals surface area contributed by atoms with E-state index >= 15 is 0 Å². The van der Waals surface area contributed by atoms with Crippen LogP contribution in [0.25, 0.3) is 21.3 Å². The molecule has 0 atom stereocenters. The number of aromatic nitrogens is 2. The Hall–Kier alpha value is -3.26. The molecule has 0 aliphatic heterocycles. The van der Waals surface area contributed by atoms with Crippen molar-refractivity contribution < 1.29 is 13.6 Å². The molecule has 1 aromatic carbocycles. The first-order valence-corrected chi connectivity index (χ1v) is 9.10. The number of nitrogens with one attached hydrogen (secondary N) is 2. The number of amides is 1. The largest absolute Gasteiger partial charge is 0.467 e. The normalized spacial score (nSPS) is 10.9. The molecule has 2 N–H and O–H groups in total. The second-order valence-electron chi connectivity index (χ2n) is 5.77. The topological polar surface area (TPSA) is 80.0 Å². The van der Waals surface area contributed by atoms with Gasteiger partial charge in [-0.15, -0.1) is 11.3 Å². The van der Waals surface area contributed by atoms with Crippen LogP contribution in [0.4, 0.5) is 10.2 Å². The van der Waals surface area contributed by atoms with Crippen LogP contribution >= 0.6 is 11.3 Å². The third-order valence-electron chi connectivity index (χ3n) is 3.98. The van der Waals surface area contributed by atoms with Crippen molar-refractivity contribution in [2.45, 2.75) is 6.54 Å². The molecule has 0 saturated carbocycles. The fourth-order valence-corrected chi connectivity index (χ4v) is 3.59. The van der Waals surface area contributed by atoms with Crippen molar-refractivity contribution >= 4 is 33.3 Å². The minimum absolute atomic E-state index is 0.0610. The highest BCUT2D eigenvalue weighted by Gasteiger charge is 2.14. The number of carbonyl (C=O) groups excluding carboxylic acids is 1. The van der Waals surface area contributed by atoms with Crippen LogP contribution in [0.2, 0.25) is 0 Å². The molecule has 136 valence electrons. The molecule has 27 heavy (non-hydrogen) atoms. The molecule has 6 nitrogen and oxygen atoms in total. The average Bonchev–Trinajstić information content (AvgIpc) is 3.35. The summed E-state index contributed by atoms with van der Waals surface area (Å²) in [5.41, 5.74) is 1.76. The van der Waals surface area contributed by atoms with E-state index in [2.05, 4.69) is 20.6 Å². The van der Waals surface area contributed by atoms with E-state index in [4.69, 9.17) is 4.42 Å². The van der Waals surface area contributed by atoms with Gasteiger partial charge in [-0.2, -0.15) is 0 Å². The van der Waals surface area contributed by atoms with Crippen LogP contribution < -0.4 is 10.6 Å². The highest BCUT2D eigenvalue weighted by molar-refractivity contribution is 7.17. The van der Waals surface area contributed by atoms with E-state index in [0.29, 0.717) is 18.1 Å². The van der Waals surface area contributed by atoms with E-state index in [9.17, 15) is 9.18 Å². The smallest absolute Gasteiger partial charge is 0.239 e. The fraction of sp³-hybridized carbons (Fsp3) is 0.105. The Labute approximate surface area is 158 Å². The van der Waals surface area contributed by atoms with Gasteiger partial charge in [0.05, 0.1) is 24.7 Å². The molecule has 0 aliphatic rings. The zero-order valence-corrected chi connectivity index (χ0v) is 14.9. The Bertz CT molecular complexity index is 1060. The van der Waals surface area contributed by atoms with Crippen molar-refractivity contribution in [1.29, 1.82) is 0 Å². The van der Waals surface area contributed by atoms with E-state index in [1.165, 1.54) is 29.8 Å². The lowest BCUT2D eigenvalue weighted by molar-refractivity contribution is -0.119. The summed E-state index contributed by atoms with van der Waals surface area (Å²) in [6.07, 6.45) is 3.02. The average molecular weight is 382 g/mol. The minimum atomic E-state index is -0.291. The van der Waals surface area contributed by atoms with Crippen LogP contribution in [-0.2, 0) is 11.3 Å². The van der Waals surface area contributed by atoms with Crippen molar-refractivity contribution in [3.8, 4) is 11.1 Å². The predicted molar refractivity (Wildman–Crippen MR) is 102 cm³/mol. The molecule has 0 unspecified atom stereocenters. The molecule has 4 rings (SSSR count). The number of benzene rings is 1. The van der Waals surface area contributed by atoms with E-state index in [-0.39, 0.29) is 18.3 Å². The molecule has 0 fully saturated rings. The monoisotopic (exact) mass is 382 g/mol. The predicted octanol–water partition coefficient (Wildman–Crippen LogP) is 3.82. The first-order valence-electron chi connectivity index (χ1n) is 8.22. The summed E-state index contributed by atoms with van der Waals surface area (Å²) in [5.74, 6) is 0.774. The number of furan rings is 1. The van der Waals surface area contributed by atoms with Crippen LogP contribution in [0.5, 0.6) is 0 Å². The summed E-state index contributed by atoms with van der Waals surface area (Å²) in [4.78, 5) is 21.4. The van der Waals surface area contributed by atoms with Gasteiger partial charge in [0, 0.05) is 10.9 Å². The van der Waals surface area contributed by atoms with Gasteiger partial charge >= 0.3 is 0 Å². The van der Waals surface area contributed by atoms with E-state index < -0.39 is 0 Å². The Balaban J connectivity index is 1.52. The van der Waals surface area contributed by atoms with Crippen molar-refractivity contribution in [2.75, 3.05) is 11.9 Å². The maximum absolute atomic E-state index is 13.2. The second-order valence-corrected chi connectivity index (χ2v) is 6.63. The molecule has 0 saturated heterocycles. The van der Waals surface area contributed by atoms with Gasteiger partial charge in [0.2, 0.25) is 5.91 Å². The minimum Gasteiger partial charge on any atom is -0.467 e. The number of thiophene rings is 1. The van der Waals surface area contributed by atoms with Gasteiger partial charge in [0.15, 0.2) is 0 Å². The van der Waals surface area contributed by atoms with Crippen molar-refractivity contribution in [2.24, 2.45) is 0 Å². The molecule has 1 amide bonds. The number of rotatable bonds is 6. The Morgan fingerprint density at radius 1 is 1.19 bits per heavy atom. The standard InChI is InChI=1S/C19H15FN4O2S/c20-13-5-3-12(4-6-13)15-10-27-19-17(15)18(23-11-24-19)22-9-16(25)21-8-14-2-1-7-26-14/h1-7,10-11H,8-9H2,(H,21,25)(H,22,23,24). The van der Waals surface area contributed by atoms with Crippen LogP contribution in [-0.4, -0.2) is 22.4 Å². The second kappa shape index (κ2) is 7.55. The molecule has 0 bridgehead atoms. The van der Waals surface area contributed by atoms with Crippen LogP contribution in [0.15, 0.2) is 58.8 Å². The number of hydrogen-bond acceptors (Lipinski definition) is 6. The van der Waals surface area contributed by atoms with Crippen molar-refractivity contribution in [1.82, 2.24) is 15.3 Å². The summed E-state index contributed by atoms with van der Waals surface area (Å²) < 4.78 is 18.4. The Morgan fingerprint density at radius 2 is 2.04 bits per heavy atom. The van der Waals surface area contributed by atoms with Crippen molar-refractivity contribution in [3.05, 3.63) is 65.9 Å². The van der Waals surface area contributed by atoms with Gasteiger partial charge in [0.1, 0.15) is 28.6 Å². The highest BCUT2D eigenvalue weighted by atomic mass is 32.1. The molecule has 3 aromatic heterocycles. The summed E-state index contributed by atoms with van der Waals surface area (Å²) in [7, 11) is 0. The van der Waals surface area contributed by atoms with Crippen LogP contribution in [0.1, 0.15) is 5.76 Å². The lowest BCUT2D eigenvalue weighted by Crippen LogP contribution is -2.29. The summed E-state index contributed by atoms with van der Waals surface area (Å²) in [6, 6.07) is 9.82. The molecular weight excluding hydrogens is 367 g/mol. The summed E-state index contributed by atoms with van der Waals surface area (Å²) in [5, 5.41) is 8.60. The number of carbonyl (C=O) groups is 1. The van der Waals surface area contributed by atoms with Gasteiger partial charge < -0.3 is 15.1 Å². The number of anilines is 1. The van der Waals surface area contributed by atoms with Gasteiger partial charge in [-0.3, -0.25) is 4.79 Å². The lowest BCUT2D eigenvalue weighted by atomic mass is 10.1. The van der Waals surface area contributed by atoms with E-state index in [0.717, 1.165) is 21.3 Å². The summed E-state index contributed by atoms with van der Waals surface area (Å²) >= 11 is 1.47. The molecule has 0 spiro atoms. The first kappa shape index (κ1) is 17.2. The number of fused-ring (bicyclic) bond motifs is 1. The molecule has 0 aliphatic carbocycles. The fourth-order valence-electron chi connectivity index (χ4n) is 2.68. The quantitative estimate of drug-likeness (QED) is 0.530. The highest BCUT2D eigenvalue weighted by Crippen LogP contribution is 2.36. The van der Waals surface area contributed by atoms with Crippen LogP contribution in [0.3, 0.4) is 0 Å². The lowest BCUT2D eigenvalue weighted by Gasteiger charge is -2.09. The number of halogens is 1. The number of nitrogens with zero attached hydrogens (tertiary/aromatic N) is 2. The third-order valence-corrected chi connectivity index (χ3v) is 4.87. The maximum atomic E-state index is 13.2. The number of hydrogen-bond donors (Lipinski definition) is 2. The van der Waals surface area contributed by atoms with Gasteiger partial charge in [-0.1, -0.05) is 12.1 Å². The van der Waals surface area contributed by atoms with Gasteiger partial charge in [-0.25, -0.2) is 14.4 Å². The molecule has 3 heterocycles.